The van der Waals surface area contributed by atoms with Crippen LogP contribution < -0.4 is 5.32 Å². The summed E-state index contributed by atoms with van der Waals surface area (Å²) in [5.74, 6) is 3.91. The van der Waals surface area contributed by atoms with Gasteiger partial charge in [-0.3, -0.25) is 4.79 Å². The van der Waals surface area contributed by atoms with Gasteiger partial charge in [-0.1, -0.05) is 6.42 Å². The van der Waals surface area contributed by atoms with Crippen LogP contribution in [0.2, 0.25) is 0 Å². The third-order valence-corrected chi connectivity index (χ3v) is 8.21. The molecule has 0 aromatic heterocycles. The second-order valence-corrected chi connectivity index (χ2v) is 9.37. The molecule has 0 aromatic carbocycles. The fourth-order valence-corrected chi connectivity index (χ4v) is 6.76. The van der Waals surface area contributed by atoms with Gasteiger partial charge in [-0.15, -0.1) is 0 Å². The summed E-state index contributed by atoms with van der Waals surface area (Å²) in [4.78, 5) is 15.5. The van der Waals surface area contributed by atoms with Gasteiger partial charge in [-0.05, 0) is 94.0 Å². The first-order valence-electron chi connectivity index (χ1n) is 10.3. The van der Waals surface area contributed by atoms with Gasteiger partial charge in [0.15, 0.2) is 0 Å². The van der Waals surface area contributed by atoms with Crippen molar-refractivity contribution in [3.63, 3.8) is 0 Å². The van der Waals surface area contributed by atoms with E-state index in [4.69, 9.17) is 0 Å². The van der Waals surface area contributed by atoms with Crippen LogP contribution in [0.1, 0.15) is 64.2 Å². The molecule has 5 unspecified atom stereocenters. The highest BCUT2D eigenvalue weighted by Gasteiger charge is 2.59. The second-order valence-electron chi connectivity index (χ2n) is 9.37. The van der Waals surface area contributed by atoms with Crippen molar-refractivity contribution in [2.75, 3.05) is 19.6 Å². The first-order valence-corrected chi connectivity index (χ1v) is 10.3. The van der Waals surface area contributed by atoms with Crippen LogP contribution in [-0.2, 0) is 4.79 Å². The highest BCUT2D eigenvalue weighted by molar-refractivity contribution is 5.83. The predicted octanol–water partition coefficient (Wildman–Crippen LogP) is 3.19. The first kappa shape index (κ1) is 14.7. The number of piperidine rings is 1. The monoisotopic (exact) mass is 316 g/mol. The highest BCUT2D eigenvalue weighted by Crippen LogP contribution is 2.59. The zero-order valence-corrected chi connectivity index (χ0v) is 14.4. The van der Waals surface area contributed by atoms with Crippen molar-refractivity contribution in [2.45, 2.75) is 70.3 Å². The number of carbonyl (C=O) groups excluding carboxylic acids is 1. The maximum absolute atomic E-state index is 13.1. The van der Waals surface area contributed by atoms with E-state index in [-0.39, 0.29) is 0 Å². The minimum atomic E-state index is 0.380. The molecule has 1 amide bonds. The Balaban J connectivity index is 1.22. The number of fused-ring (bicyclic) bond motifs is 2. The van der Waals surface area contributed by atoms with Gasteiger partial charge < -0.3 is 10.2 Å². The Morgan fingerprint density at radius 3 is 2.74 bits per heavy atom. The molecule has 3 nitrogen and oxygen atoms in total. The molecule has 0 aromatic rings. The summed E-state index contributed by atoms with van der Waals surface area (Å²) >= 11 is 0. The van der Waals surface area contributed by atoms with E-state index in [9.17, 15) is 4.79 Å². The average molecular weight is 316 g/mol. The third-order valence-electron chi connectivity index (χ3n) is 8.21. The summed E-state index contributed by atoms with van der Waals surface area (Å²) in [7, 11) is 0. The summed E-state index contributed by atoms with van der Waals surface area (Å²) < 4.78 is 0. The van der Waals surface area contributed by atoms with Crippen LogP contribution in [0.3, 0.4) is 0 Å². The molecule has 1 spiro atoms. The Morgan fingerprint density at radius 2 is 2.00 bits per heavy atom. The fraction of sp³-hybridized carbons (Fsp3) is 0.950. The minimum Gasteiger partial charge on any atom is -0.339 e. The molecule has 2 saturated heterocycles. The topological polar surface area (TPSA) is 32.3 Å². The number of nitrogens with zero attached hydrogens (tertiary/aromatic N) is 1. The molecule has 5 aliphatic rings. The minimum absolute atomic E-state index is 0.380. The van der Waals surface area contributed by atoms with Crippen LogP contribution in [-0.4, -0.2) is 36.5 Å². The van der Waals surface area contributed by atoms with Crippen molar-refractivity contribution in [1.29, 1.82) is 0 Å². The van der Waals surface area contributed by atoms with Gasteiger partial charge in [0.1, 0.15) is 0 Å². The van der Waals surface area contributed by atoms with Crippen LogP contribution in [0.5, 0.6) is 0 Å². The number of nitrogens with one attached hydrogen (secondary N) is 1. The van der Waals surface area contributed by atoms with Gasteiger partial charge in [-0.2, -0.15) is 0 Å². The van der Waals surface area contributed by atoms with E-state index in [0.717, 1.165) is 37.4 Å². The maximum atomic E-state index is 13.1. The standard InChI is InChI=1S/C20H32N2O/c23-19(18-13-20(18)5-7-21-8-6-20)22-9-1-2-17(22)12-16-11-14-3-4-15(16)10-14/h14-18,21H,1-13H2. The number of likely N-dealkylation sites (tertiary alicyclic amines) is 1. The van der Waals surface area contributed by atoms with E-state index >= 15 is 0 Å². The van der Waals surface area contributed by atoms with Crippen molar-refractivity contribution in [1.82, 2.24) is 10.2 Å². The number of rotatable bonds is 3. The Bertz CT molecular complexity index is 484. The lowest BCUT2D eigenvalue weighted by Gasteiger charge is -2.31. The van der Waals surface area contributed by atoms with E-state index in [0.29, 0.717) is 23.3 Å². The smallest absolute Gasteiger partial charge is 0.226 e. The lowest BCUT2D eigenvalue weighted by molar-refractivity contribution is -0.134. The molecule has 3 aliphatic carbocycles. The molecular formula is C20H32N2O. The lowest BCUT2D eigenvalue weighted by atomic mass is 9.83. The van der Waals surface area contributed by atoms with Crippen LogP contribution in [0, 0.1) is 29.1 Å². The lowest BCUT2D eigenvalue weighted by Crippen LogP contribution is -2.40. The molecule has 1 N–H and O–H groups in total. The largest absolute Gasteiger partial charge is 0.339 e. The van der Waals surface area contributed by atoms with Crippen molar-refractivity contribution < 1.29 is 4.79 Å². The molecule has 3 saturated carbocycles. The van der Waals surface area contributed by atoms with Gasteiger partial charge in [-0.25, -0.2) is 0 Å². The van der Waals surface area contributed by atoms with Crippen LogP contribution in [0.25, 0.3) is 0 Å². The predicted molar refractivity (Wildman–Crippen MR) is 90.9 cm³/mol. The summed E-state index contributed by atoms with van der Waals surface area (Å²) in [6, 6.07) is 0.589. The fourth-order valence-electron chi connectivity index (χ4n) is 6.76. The summed E-state index contributed by atoms with van der Waals surface area (Å²) in [6.07, 6.45) is 13.5. The highest BCUT2D eigenvalue weighted by atomic mass is 16.2. The van der Waals surface area contributed by atoms with Gasteiger partial charge in [0, 0.05) is 18.5 Å². The van der Waals surface area contributed by atoms with Crippen molar-refractivity contribution >= 4 is 5.91 Å². The third kappa shape index (κ3) is 2.45. The van der Waals surface area contributed by atoms with E-state index < -0.39 is 0 Å². The number of hydrogen-bond acceptors (Lipinski definition) is 2. The summed E-state index contributed by atoms with van der Waals surface area (Å²) in [5.41, 5.74) is 0.405. The van der Waals surface area contributed by atoms with Gasteiger partial charge in [0.2, 0.25) is 5.91 Å². The molecule has 2 heterocycles. The molecule has 3 heteroatoms. The van der Waals surface area contributed by atoms with E-state index in [1.807, 2.05) is 0 Å². The quantitative estimate of drug-likeness (QED) is 0.867. The molecule has 128 valence electrons. The molecule has 5 atom stereocenters. The molecule has 2 bridgehead atoms. The Hall–Kier alpha value is -0.570. The van der Waals surface area contributed by atoms with Crippen molar-refractivity contribution in [3.8, 4) is 0 Å². The Kier molecular flexibility index (Phi) is 3.51. The van der Waals surface area contributed by atoms with Crippen molar-refractivity contribution in [3.05, 3.63) is 0 Å². The molecule has 2 aliphatic heterocycles. The van der Waals surface area contributed by atoms with E-state index in [1.165, 1.54) is 64.2 Å². The average Bonchev–Trinajstić information content (AvgIpc) is 3.02. The summed E-state index contributed by atoms with van der Waals surface area (Å²) in [5, 5.41) is 3.46. The van der Waals surface area contributed by atoms with Crippen molar-refractivity contribution in [2.24, 2.45) is 29.1 Å². The number of hydrogen-bond donors (Lipinski definition) is 1. The molecule has 0 radical (unpaired) electrons. The van der Waals surface area contributed by atoms with Gasteiger partial charge >= 0.3 is 0 Å². The SMILES string of the molecule is O=C(C1CC12CCNCC2)N1CCCC1CC1CC2CCC1C2. The molecule has 5 fully saturated rings. The zero-order chi connectivity index (χ0) is 15.4. The molecule has 5 rings (SSSR count). The van der Waals surface area contributed by atoms with E-state index in [1.54, 1.807) is 0 Å². The van der Waals surface area contributed by atoms with Gasteiger partial charge in [0.05, 0.1) is 0 Å². The Labute approximate surface area is 140 Å². The van der Waals surface area contributed by atoms with Crippen LogP contribution >= 0.6 is 0 Å². The molecular weight excluding hydrogens is 284 g/mol. The number of amides is 1. The Morgan fingerprint density at radius 1 is 1.13 bits per heavy atom. The molecule has 23 heavy (non-hydrogen) atoms. The van der Waals surface area contributed by atoms with Crippen LogP contribution in [0.15, 0.2) is 0 Å². The van der Waals surface area contributed by atoms with Gasteiger partial charge in [0.25, 0.3) is 0 Å². The van der Waals surface area contributed by atoms with Crippen LogP contribution in [0.4, 0.5) is 0 Å². The normalized spacial score (nSPS) is 44.2. The zero-order valence-electron chi connectivity index (χ0n) is 14.4. The maximum Gasteiger partial charge on any atom is 0.226 e. The second kappa shape index (κ2) is 5.47. The summed E-state index contributed by atoms with van der Waals surface area (Å²) in [6.45, 7) is 3.30. The first-order chi connectivity index (χ1) is 11.3. The number of carbonyl (C=O) groups is 1. The van der Waals surface area contributed by atoms with E-state index in [2.05, 4.69) is 10.2 Å².